The predicted octanol–water partition coefficient (Wildman–Crippen LogP) is 3.59. The Morgan fingerprint density at radius 2 is 1.95 bits per heavy atom. The molecule has 1 aromatic heterocycles. The largest absolute Gasteiger partial charge is 0.429 e. The van der Waals surface area contributed by atoms with Gasteiger partial charge in [-0.15, -0.1) is 0 Å². The van der Waals surface area contributed by atoms with E-state index in [4.69, 9.17) is 16.3 Å². The zero-order valence-corrected chi connectivity index (χ0v) is 11.3. The molecule has 0 bridgehead atoms. The summed E-state index contributed by atoms with van der Waals surface area (Å²) in [6.45, 7) is 3.40. The molecule has 1 heterocycles. The van der Waals surface area contributed by atoms with Crippen LogP contribution in [0.25, 0.3) is 0 Å². The molecule has 1 aromatic carbocycles. The predicted molar refractivity (Wildman–Crippen MR) is 69.6 cm³/mol. The van der Waals surface area contributed by atoms with Crippen LogP contribution in [0.2, 0.25) is 5.15 Å². The second-order valence-corrected chi connectivity index (χ2v) is 4.32. The van der Waals surface area contributed by atoms with Gasteiger partial charge in [0.05, 0.1) is 16.3 Å². The van der Waals surface area contributed by atoms with Crippen molar-refractivity contribution in [3.05, 3.63) is 50.7 Å². The third-order valence-corrected chi connectivity index (χ3v) is 2.81. The molecule has 0 aliphatic carbocycles. The minimum atomic E-state index is -0.683. The van der Waals surface area contributed by atoms with Crippen LogP contribution in [0.1, 0.15) is 11.4 Å². The minimum absolute atomic E-state index is 0.0494. The van der Waals surface area contributed by atoms with E-state index < -0.39 is 10.7 Å². The van der Waals surface area contributed by atoms with Crippen LogP contribution in [0, 0.1) is 29.8 Å². The molecule has 0 saturated carbocycles. The van der Waals surface area contributed by atoms with Gasteiger partial charge in [0.1, 0.15) is 5.82 Å². The Bertz CT molecular complexity index is 694. The molecule has 0 fully saturated rings. The van der Waals surface area contributed by atoms with Gasteiger partial charge in [-0.2, -0.15) is 0 Å². The summed E-state index contributed by atoms with van der Waals surface area (Å²) < 4.78 is 18.4. The van der Waals surface area contributed by atoms with Crippen molar-refractivity contribution >= 4 is 17.3 Å². The normalized spacial score (nSPS) is 10.4. The fourth-order valence-electron chi connectivity index (χ4n) is 1.44. The summed E-state index contributed by atoms with van der Waals surface area (Å²) in [5.41, 5.74) is 0.780. The highest BCUT2D eigenvalue weighted by Gasteiger charge is 2.19. The fraction of sp³-hybridized carbons (Fsp3) is 0.167. The highest BCUT2D eigenvalue weighted by molar-refractivity contribution is 6.30. The summed E-state index contributed by atoms with van der Waals surface area (Å²) in [6, 6.07) is 2.87. The van der Waals surface area contributed by atoms with E-state index in [0.29, 0.717) is 11.4 Å². The lowest BCUT2D eigenvalue weighted by Gasteiger charge is -2.08. The topological polar surface area (TPSA) is 78.2 Å². The highest BCUT2D eigenvalue weighted by atomic mass is 35.5. The van der Waals surface area contributed by atoms with Gasteiger partial charge in [-0.1, -0.05) is 11.6 Å². The molecular weight excluding hydrogens is 289 g/mol. The maximum Gasteiger partial charge on any atom is 0.311 e. The summed E-state index contributed by atoms with van der Waals surface area (Å²) in [4.78, 5) is 18.2. The minimum Gasteiger partial charge on any atom is -0.429 e. The van der Waals surface area contributed by atoms with Crippen molar-refractivity contribution < 1.29 is 14.1 Å². The first kappa shape index (κ1) is 14.1. The van der Waals surface area contributed by atoms with Crippen molar-refractivity contribution in [2.24, 2.45) is 0 Å². The van der Waals surface area contributed by atoms with E-state index >= 15 is 0 Å². The number of nitro groups is 1. The Labute approximate surface area is 118 Å². The number of aromatic nitrogens is 2. The average molecular weight is 298 g/mol. The molecule has 2 rings (SSSR count). The molecule has 0 aliphatic rings. The summed E-state index contributed by atoms with van der Waals surface area (Å²) in [6.07, 6.45) is 0. The van der Waals surface area contributed by atoms with E-state index in [2.05, 4.69) is 9.97 Å². The lowest BCUT2D eigenvalue weighted by atomic mass is 10.3. The van der Waals surface area contributed by atoms with Crippen molar-refractivity contribution in [3.63, 3.8) is 0 Å². The van der Waals surface area contributed by atoms with Crippen molar-refractivity contribution in [1.82, 2.24) is 9.97 Å². The van der Waals surface area contributed by atoms with Crippen LogP contribution < -0.4 is 4.74 Å². The van der Waals surface area contributed by atoms with Crippen LogP contribution in [-0.2, 0) is 0 Å². The highest BCUT2D eigenvalue weighted by Crippen LogP contribution is 2.33. The maximum atomic E-state index is 13.2. The fourth-order valence-corrected chi connectivity index (χ4v) is 1.65. The van der Waals surface area contributed by atoms with Gasteiger partial charge in [0.15, 0.2) is 5.15 Å². The Hall–Kier alpha value is -2.28. The summed E-state index contributed by atoms with van der Waals surface area (Å²) in [5, 5.41) is 10.8. The van der Waals surface area contributed by atoms with E-state index in [9.17, 15) is 14.5 Å². The monoisotopic (exact) mass is 297 g/mol. The van der Waals surface area contributed by atoms with Crippen molar-refractivity contribution in [1.29, 1.82) is 0 Å². The SMILES string of the molecule is Cc1nc(Cl)c(Oc2cc(F)ccc2[N+](=O)[O-])nc1C. The second-order valence-electron chi connectivity index (χ2n) is 3.96. The van der Waals surface area contributed by atoms with Crippen molar-refractivity contribution in [3.8, 4) is 11.6 Å². The number of aryl methyl sites for hydroxylation is 2. The van der Waals surface area contributed by atoms with Crippen LogP contribution >= 0.6 is 11.6 Å². The maximum absolute atomic E-state index is 13.2. The molecule has 104 valence electrons. The van der Waals surface area contributed by atoms with Gasteiger partial charge in [0, 0.05) is 12.1 Å². The molecule has 0 radical (unpaired) electrons. The number of rotatable bonds is 3. The first-order valence-corrected chi connectivity index (χ1v) is 5.89. The molecule has 20 heavy (non-hydrogen) atoms. The molecule has 0 saturated heterocycles. The first-order chi connectivity index (χ1) is 9.38. The lowest BCUT2D eigenvalue weighted by molar-refractivity contribution is -0.385. The number of hydrogen-bond donors (Lipinski definition) is 0. The van der Waals surface area contributed by atoms with Crippen LogP contribution in [0.5, 0.6) is 11.6 Å². The number of nitro benzene ring substituents is 1. The number of halogens is 2. The van der Waals surface area contributed by atoms with Crippen LogP contribution in [0.3, 0.4) is 0 Å². The Kier molecular flexibility index (Phi) is 3.80. The van der Waals surface area contributed by atoms with E-state index in [0.717, 1.165) is 18.2 Å². The molecule has 0 aliphatic heterocycles. The van der Waals surface area contributed by atoms with E-state index in [1.807, 2.05) is 0 Å². The van der Waals surface area contributed by atoms with Crippen molar-refractivity contribution in [2.75, 3.05) is 0 Å². The number of ether oxygens (including phenoxy) is 1. The van der Waals surface area contributed by atoms with E-state index in [1.54, 1.807) is 13.8 Å². The first-order valence-electron chi connectivity index (χ1n) is 5.51. The summed E-state index contributed by atoms with van der Waals surface area (Å²) in [5.74, 6) is -1.06. The van der Waals surface area contributed by atoms with Gasteiger partial charge in [-0.3, -0.25) is 10.1 Å². The molecule has 8 heteroatoms. The molecule has 0 N–H and O–H groups in total. The van der Waals surface area contributed by atoms with Gasteiger partial charge >= 0.3 is 5.69 Å². The van der Waals surface area contributed by atoms with Crippen LogP contribution in [0.15, 0.2) is 18.2 Å². The van der Waals surface area contributed by atoms with Gasteiger partial charge in [-0.05, 0) is 19.9 Å². The zero-order valence-electron chi connectivity index (χ0n) is 10.6. The third-order valence-electron chi connectivity index (χ3n) is 2.56. The van der Waals surface area contributed by atoms with E-state index in [1.165, 1.54) is 0 Å². The second kappa shape index (κ2) is 5.38. The summed E-state index contributed by atoms with van der Waals surface area (Å²) >= 11 is 5.86. The molecule has 0 unspecified atom stereocenters. The molecule has 2 aromatic rings. The van der Waals surface area contributed by atoms with Crippen molar-refractivity contribution in [2.45, 2.75) is 13.8 Å². The molecule has 0 atom stereocenters. The third kappa shape index (κ3) is 2.83. The summed E-state index contributed by atoms with van der Waals surface area (Å²) in [7, 11) is 0. The number of benzene rings is 1. The average Bonchev–Trinajstić information content (AvgIpc) is 2.35. The zero-order chi connectivity index (χ0) is 14.9. The molecule has 0 amide bonds. The Morgan fingerprint density at radius 1 is 1.30 bits per heavy atom. The van der Waals surface area contributed by atoms with Crippen LogP contribution in [-0.4, -0.2) is 14.9 Å². The van der Waals surface area contributed by atoms with E-state index in [-0.39, 0.29) is 22.5 Å². The molecule has 0 spiro atoms. The molecular formula is C12H9ClFN3O3. The van der Waals surface area contributed by atoms with Gasteiger partial charge in [-0.25, -0.2) is 14.4 Å². The van der Waals surface area contributed by atoms with Gasteiger partial charge in [0.2, 0.25) is 5.75 Å². The smallest absolute Gasteiger partial charge is 0.311 e. The van der Waals surface area contributed by atoms with Gasteiger partial charge < -0.3 is 4.74 Å². The Morgan fingerprint density at radius 3 is 2.60 bits per heavy atom. The Balaban J connectivity index is 2.47. The quantitative estimate of drug-likeness (QED) is 0.639. The number of nitrogens with zero attached hydrogens (tertiary/aromatic N) is 3. The standard InChI is InChI=1S/C12H9ClFN3O3/c1-6-7(2)16-12(11(13)15-6)20-10-5-8(14)3-4-9(10)17(18)19/h3-5H,1-2H3. The number of hydrogen-bond acceptors (Lipinski definition) is 5. The lowest BCUT2D eigenvalue weighted by Crippen LogP contribution is -1.99. The van der Waals surface area contributed by atoms with Gasteiger partial charge in [0.25, 0.3) is 5.88 Å². The van der Waals surface area contributed by atoms with Crippen LogP contribution in [0.4, 0.5) is 10.1 Å². The molecule has 6 nitrogen and oxygen atoms in total.